The first-order valence-electron chi connectivity index (χ1n) is 3.40. The van der Waals surface area contributed by atoms with Gasteiger partial charge in [0.25, 0.3) is 0 Å². The van der Waals surface area contributed by atoms with Gasteiger partial charge in [-0.3, -0.25) is 0 Å². The van der Waals surface area contributed by atoms with E-state index in [-0.39, 0.29) is 0 Å². The van der Waals surface area contributed by atoms with E-state index in [1.807, 2.05) is 0 Å². The standard InChI is InChI=1S/C6H11IN2S/c7-9-3-1-5(2-4-9)6(8)10/h5H,1-4H2,(H2,8,10). The van der Waals surface area contributed by atoms with E-state index in [0.29, 0.717) is 10.9 Å². The van der Waals surface area contributed by atoms with Crippen LogP contribution in [-0.2, 0) is 0 Å². The van der Waals surface area contributed by atoms with E-state index in [4.69, 9.17) is 18.0 Å². The van der Waals surface area contributed by atoms with Crippen molar-refractivity contribution >= 4 is 40.1 Å². The van der Waals surface area contributed by atoms with Crippen LogP contribution in [0, 0.1) is 5.92 Å². The van der Waals surface area contributed by atoms with Gasteiger partial charge in [0.2, 0.25) is 0 Å². The molecule has 1 aliphatic rings. The van der Waals surface area contributed by atoms with E-state index >= 15 is 0 Å². The fourth-order valence-corrected chi connectivity index (χ4v) is 1.93. The predicted octanol–water partition coefficient (Wildman–Crippen LogP) is 1.33. The molecule has 0 radical (unpaired) electrons. The van der Waals surface area contributed by atoms with Crippen molar-refractivity contribution < 1.29 is 0 Å². The molecule has 0 atom stereocenters. The Labute approximate surface area is 80.6 Å². The minimum Gasteiger partial charge on any atom is -0.393 e. The second-order valence-corrected chi connectivity index (χ2v) is 4.42. The number of thiocarbonyl (C=S) groups is 1. The van der Waals surface area contributed by atoms with Gasteiger partial charge in [-0.1, -0.05) is 12.2 Å². The molecule has 0 bridgehead atoms. The van der Waals surface area contributed by atoms with E-state index in [9.17, 15) is 0 Å². The van der Waals surface area contributed by atoms with Crippen LogP contribution >= 0.6 is 35.1 Å². The summed E-state index contributed by atoms with van der Waals surface area (Å²) in [4.78, 5) is 0.699. The van der Waals surface area contributed by atoms with Crippen LogP contribution in [0.15, 0.2) is 0 Å². The summed E-state index contributed by atoms with van der Waals surface area (Å²) in [6, 6.07) is 0. The molecule has 1 fully saturated rings. The van der Waals surface area contributed by atoms with Crippen LogP contribution in [-0.4, -0.2) is 21.2 Å². The van der Waals surface area contributed by atoms with Crippen molar-refractivity contribution in [2.75, 3.05) is 13.1 Å². The SMILES string of the molecule is NC(=S)C1CCN(I)CC1. The van der Waals surface area contributed by atoms with Gasteiger partial charge >= 0.3 is 0 Å². The molecule has 1 saturated heterocycles. The van der Waals surface area contributed by atoms with Gasteiger partial charge in [0.05, 0.1) is 4.99 Å². The van der Waals surface area contributed by atoms with E-state index in [2.05, 4.69) is 26.0 Å². The maximum absolute atomic E-state index is 5.52. The topological polar surface area (TPSA) is 29.3 Å². The number of piperidine rings is 1. The highest BCUT2D eigenvalue weighted by molar-refractivity contribution is 14.1. The van der Waals surface area contributed by atoms with E-state index < -0.39 is 0 Å². The number of rotatable bonds is 1. The highest BCUT2D eigenvalue weighted by Gasteiger charge is 2.18. The maximum atomic E-state index is 5.52. The zero-order valence-corrected chi connectivity index (χ0v) is 8.69. The molecule has 2 nitrogen and oxygen atoms in total. The van der Waals surface area contributed by atoms with Gasteiger partial charge in [-0.2, -0.15) is 0 Å². The van der Waals surface area contributed by atoms with Gasteiger partial charge in [0.15, 0.2) is 0 Å². The van der Waals surface area contributed by atoms with Gasteiger partial charge in [-0.25, -0.2) is 3.11 Å². The summed E-state index contributed by atoms with van der Waals surface area (Å²) in [5, 5.41) is 0. The molecule has 0 aromatic carbocycles. The molecular formula is C6H11IN2S. The largest absolute Gasteiger partial charge is 0.393 e. The molecule has 58 valence electrons. The van der Waals surface area contributed by atoms with E-state index in [1.54, 1.807) is 0 Å². The lowest BCUT2D eigenvalue weighted by Gasteiger charge is -2.26. The van der Waals surface area contributed by atoms with E-state index in [0.717, 1.165) is 25.9 Å². The molecule has 0 aromatic heterocycles. The number of nitrogens with zero attached hydrogens (tertiary/aromatic N) is 1. The third-order valence-electron chi connectivity index (χ3n) is 1.84. The van der Waals surface area contributed by atoms with Crippen LogP contribution in [0.3, 0.4) is 0 Å². The Morgan fingerprint density at radius 3 is 2.40 bits per heavy atom. The second-order valence-electron chi connectivity index (χ2n) is 2.59. The van der Waals surface area contributed by atoms with Gasteiger partial charge < -0.3 is 5.73 Å². The van der Waals surface area contributed by atoms with Crippen molar-refractivity contribution in [2.45, 2.75) is 12.8 Å². The predicted molar refractivity (Wildman–Crippen MR) is 55.1 cm³/mol. The summed E-state index contributed by atoms with van der Waals surface area (Å²) >= 11 is 7.25. The van der Waals surface area contributed by atoms with Crippen molar-refractivity contribution in [3.05, 3.63) is 0 Å². The molecule has 0 unspecified atom stereocenters. The zero-order valence-electron chi connectivity index (χ0n) is 5.72. The molecule has 4 heteroatoms. The molecule has 1 aliphatic heterocycles. The van der Waals surface area contributed by atoms with Crippen LogP contribution in [0.2, 0.25) is 0 Å². The van der Waals surface area contributed by atoms with Gasteiger partial charge in [-0.05, 0) is 12.8 Å². The molecule has 1 rings (SSSR count). The maximum Gasteiger partial charge on any atom is 0.0759 e. The van der Waals surface area contributed by atoms with Crippen molar-refractivity contribution in [3.8, 4) is 0 Å². The molecule has 0 amide bonds. The van der Waals surface area contributed by atoms with Crippen molar-refractivity contribution in [1.29, 1.82) is 0 Å². The summed E-state index contributed by atoms with van der Waals surface area (Å²) < 4.78 is 2.28. The van der Waals surface area contributed by atoms with Gasteiger partial charge in [-0.15, -0.1) is 0 Å². The van der Waals surface area contributed by atoms with Crippen molar-refractivity contribution in [2.24, 2.45) is 11.7 Å². The third-order valence-corrected chi connectivity index (χ3v) is 3.14. The van der Waals surface area contributed by atoms with Crippen molar-refractivity contribution in [3.63, 3.8) is 0 Å². The molecule has 0 aliphatic carbocycles. The van der Waals surface area contributed by atoms with Crippen LogP contribution < -0.4 is 5.73 Å². The quantitative estimate of drug-likeness (QED) is 0.443. The number of hydrogen-bond acceptors (Lipinski definition) is 2. The zero-order chi connectivity index (χ0) is 7.56. The first-order valence-corrected chi connectivity index (χ1v) is 4.77. The second kappa shape index (κ2) is 3.82. The molecule has 1 heterocycles. The fourth-order valence-electron chi connectivity index (χ4n) is 1.13. The Morgan fingerprint density at radius 2 is 2.00 bits per heavy atom. The Bertz CT molecular complexity index is 132. The molecule has 0 saturated carbocycles. The number of nitrogens with two attached hydrogens (primary N) is 1. The van der Waals surface area contributed by atoms with Crippen LogP contribution in [0.5, 0.6) is 0 Å². The highest BCUT2D eigenvalue weighted by atomic mass is 127. The summed E-state index contributed by atoms with van der Waals surface area (Å²) in [6.07, 6.45) is 2.27. The number of halogens is 1. The van der Waals surface area contributed by atoms with Crippen LogP contribution in [0.4, 0.5) is 0 Å². The van der Waals surface area contributed by atoms with Crippen LogP contribution in [0.1, 0.15) is 12.8 Å². The molecule has 0 aromatic rings. The minimum atomic E-state index is 0.501. The monoisotopic (exact) mass is 270 g/mol. The molecule has 2 N–H and O–H groups in total. The fraction of sp³-hybridized carbons (Fsp3) is 0.833. The Balaban J connectivity index is 2.33. The Kier molecular flexibility index (Phi) is 3.32. The first-order chi connectivity index (χ1) is 4.70. The van der Waals surface area contributed by atoms with Gasteiger partial charge in [0.1, 0.15) is 0 Å². The molecule has 10 heavy (non-hydrogen) atoms. The average Bonchev–Trinajstić information content (AvgIpc) is 1.88. The molecule has 0 spiro atoms. The summed E-state index contributed by atoms with van der Waals surface area (Å²) in [5.41, 5.74) is 5.52. The van der Waals surface area contributed by atoms with Crippen molar-refractivity contribution in [1.82, 2.24) is 3.11 Å². The number of hydrogen-bond donors (Lipinski definition) is 1. The first kappa shape index (κ1) is 8.67. The summed E-state index contributed by atoms with van der Waals surface area (Å²) in [6.45, 7) is 2.26. The minimum absolute atomic E-state index is 0.501. The summed E-state index contributed by atoms with van der Waals surface area (Å²) in [7, 11) is 0. The third kappa shape index (κ3) is 2.32. The lowest BCUT2D eigenvalue weighted by molar-refractivity contribution is 0.366. The molecular weight excluding hydrogens is 259 g/mol. The average molecular weight is 270 g/mol. The normalized spacial score (nSPS) is 22.9. The Morgan fingerprint density at radius 1 is 1.50 bits per heavy atom. The lowest BCUT2D eigenvalue weighted by Crippen LogP contribution is -2.32. The smallest absolute Gasteiger partial charge is 0.0759 e. The Hall–Kier alpha value is 0.580. The van der Waals surface area contributed by atoms with E-state index in [1.165, 1.54) is 0 Å². The lowest BCUT2D eigenvalue weighted by atomic mass is 9.99. The van der Waals surface area contributed by atoms with Crippen LogP contribution in [0.25, 0.3) is 0 Å². The summed E-state index contributed by atoms with van der Waals surface area (Å²) in [5.74, 6) is 0.501. The van der Waals surface area contributed by atoms with Gasteiger partial charge in [0, 0.05) is 41.9 Å². The highest BCUT2D eigenvalue weighted by Crippen LogP contribution is 2.19.